The third-order valence-corrected chi connectivity index (χ3v) is 4.33. The summed E-state index contributed by atoms with van der Waals surface area (Å²) in [6, 6.07) is 0. The minimum atomic E-state index is -0.393. The van der Waals surface area contributed by atoms with Gasteiger partial charge in [0, 0.05) is 6.42 Å². The first-order valence-corrected chi connectivity index (χ1v) is 9.13. The molecule has 0 heterocycles. The maximum absolute atomic E-state index is 12.5. The molecule has 3 nitrogen and oxygen atoms in total. The topological polar surface area (TPSA) is 43.4 Å². The molecule has 0 bridgehead atoms. The Morgan fingerprint density at radius 1 is 0.909 bits per heavy atom. The van der Waals surface area contributed by atoms with E-state index in [9.17, 15) is 9.59 Å². The first-order chi connectivity index (χ1) is 10.7. The van der Waals surface area contributed by atoms with E-state index in [1.807, 2.05) is 0 Å². The van der Waals surface area contributed by atoms with Crippen molar-refractivity contribution >= 4 is 11.8 Å². The summed E-state index contributed by atoms with van der Waals surface area (Å²) in [7, 11) is 0. The summed E-state index contributed by atoms with van der Waals surface area (Å²) in [6.45, 7) is 4.32. The lowest BCUT2D eigenvalue weighted by atomic mass is 9.88. The molecule has 0 aliphatic heterocycles. The first-order valence-electron chi connectivity index (χ1n) is 9.13. The van der Waals surface area contributed by atoms with Gasteiger partial charge in [0.25, 0.3) is 0 Å². The molecular weight excluding hydrogens is 276 g/mol. The number of rotatable bonds is 10. The van der Waals surface area contributed by atoms with Crippen molar-refractivity contribution in [2.75, 3.05) is 6.61 Å². The molecule has 126 valence electrons. The van der Waals surface area contributed by atoms with Gasteiger partial charge >= 0.3 is 5.97 Å². The number of ether oxygens (including phenoxy) is 1. The number of hydrogen-bond acceptors (Lipinski definition) is 3. The highest BCUT2D eigenvalue weighted by Crippen LogP contribution is 2.27. The van der Waals surface area contributed by atoms with Crippen LogP contribution in [0.15, 0.2) is 11.1 Å². The Morgan fingerprint density at radius 3 is 2.18 bits per heavy atom. The van der Waals surface area contributed by atoms with Crippen LogP contribution in [0.25, 0.3) is 0 Å². The fourth-order valence-corrected chi connectivity index (χ4v) is 3.08. The average Bonchev–Trinajstić information content (AvgIpc) is 2.52. The molecule has 0 aromatic rings. The van der Waals surface area contributed by atoms with Gasteiger partial charge in [-0.3, -0.25) is 4.79 Å². The summed E-state index contributed by atoms with van der Waals surface area (Å²) >= 11 is 0. The zero-order valence-electron chi connectivity index (χ0n) is 14.4. The number of carbonyl (C=O) groups excluding carboxylic acids is 2. The van der Waals surface area contributed by atoms with E-state index in [1.54, 1.807) is 6.92 Å². The van der Waals surface area contributed by atoms with E-state index >= 15 is 0 Å². The third-order valence-electron chi connectivity index (χ3n) is 4.33. The van der Waals surface area contributed by atoms with Crippen molar-refractivity contribution in [1.82, 2.24) is 0 Å². The molecule has 1 fully saturated rings. The molecule has 1 aliphatic carbocycles. The van der Waals surface area contributed by atoms with Crippen LogP contribution in [0.5, 0.6) is 0 Å². The summed E-state index contributed by atoms with van der Waals surface area (Å²) in [6.07, 6.45) is 12.5. The Bertz CT molecular complexity index is 374. The zero-order chi connectivity index (χ0) is 16.2. The molecule has 0 unspecified atom stereocenters. The molecule has 0 aromatic carbocycles. The van der Waals surface area contributed by atoms with Gasteiger partial charge in [-0.25, -0.2) is 4.79 Å². The monoisotopic (exact) mass is 308 g/mol. The lowest BCUT2D eigenvalue weighted by Gasteiger charge is -2.17. The van der Waals surface area contributed by atoms with E-state index in [0.717, 1.165) is 44.1 Å². The predicted molar refractivity (Wildman–Crippen MR) is 89.7 cm³/mol. The molecule has 0 radical (unpaired) electrons. The van der Waals surface area contributed by atoms with Gasteiger partial charge in [0.2, 0.25) is 0 Å². The second-order valence-corrected chi connectivity index (χ2v) is 6.20. The molecule has 1 rings (SSSR count). The van der Waals surface area contributed by atoms with Crippen LogP contribution in [0.1, 0.15) is 90.9 Å². The summed E-state index contributed by atoms with van der Waals surface area (Å²) in [5.74, 6) is -0.388. The maximum atomic E-state index is 12.5. The number of allylic oxidation sites excluding steroid dienone is 1. The standard InChI is InChI=1S/C19H32O3/c1-3-5-6-7-8-12-15-17(20)18(19(21)22-4-2)16-13-10-9-11-14-16/h3-15H2,1-2H3. The van der Waals surface area contributed by atoms with Crippen molar-refractivity contribution in [1.29, 1.82) is 0 Å². The van der Waals surface area contributed by atoms with Gasteiger partial charge in [-0.1, -0.05) is 51.0 Å². The minimum Gasteiger partial charge on any atom is -0.462 e. The largest absolute Gasteiger partial charge is 0.462 e. The first kappa shape index (κ1) is 18.9. The van der Waals surface area contributed by atoms with Crippen molar-refractivity contribution in [2.45, 2.75) is 90.9 Å². The highest BCUT2D eigenvalue weighted by Gasteiger charge is 2.24. The molecule has 0 atom stereocenters. The van der Waals surface area contributed by atoms with Crippen LogP contribution in [0, 0.1) is 0 Å². The normalized spacial score (nSPS) is 14.7. The van der Waals surface area contributed by atoms with Crippen LogP contribution in [-0.2, 0) is 14.3 Å². The van der Waals surface area contributed by atoms with Crippen LogP contribution in [-0.4, -0.2) is 18.4 Å². The van der Waals surface area contributed by atoms with Gasteiger partial charge in [0.05, 0.1) is 6.61 Å². The molecule has 1 aliphatic rings. The SMILES string of the molecule is CCCCCCCCC(=O)C(C(=O)OCC)=C1CCCCC1. The number of unbranched alkanes of at least 4 members (excludes halogenated alkanes) is 5. The number of carbonyl (C=O) groups is 2. The van der Waals surface area contributed by atoms with Crippen molar-refractivity contribution < 1.29 is 14.3 Å². The average molecular weight is 308 g/mol. The number of Topliss-reactive ketones (excluding diaryl/α,β-unsaturated/α-hetero) is 1. The molecule has 0 saturated heterocycles. The third kappa shape index (κ3) is 6.76. The second kappa shape index (κ2) is 11.4. The summed E-state index contributed by atoms with van der Waals surface area (Å²) in [5, 5.41) is 0. The van der Waals surface area contributed by atoms with Crippen LogP contribution < -0.4 is 0 Å². The minimum absolute atomic E-state index is 0.00541. The molecule has 1 saturated carbocycles. The lowest BCUT2D eigenvalue weighted by Crippen LogP contribution is -2.19. The van der Waals surface area contributed by atoms with Gasteiger partial charge in [0.1, 0.15) is 5.57 Å². The Balaban J connectivity index is 2.55. The molecule has 0 spiro atoms. The highest BCUT2D eigenvalue weighted by molar-refractivity contribution is 6.17. The lowest BCUT2D eigenvalue weighted by molar-refractivity contribution is -0.140. The van der Waals surface area contributed by atoms with E-state index in [2.05, 4.69) is 6.92 Å². The molecule has 0 amide bonds. The van der Waals surface area contributed by atoms with Crippen molar-refractivity contribution in [3.05, 3.63) is 11.1 Å². The highest BCUT2D eigenvalue weighted by atomic mass is 16.5. The second-order valence-electron chi connectivity index (χ2n) is 6.20. The quantitative estimate of drug-likeness (QED) is 0.185. The summed E-state index contributed by atoms with van der Waals surface area (Å²) < 4.78 is 5.12. The van der Waals surface area contributed by atoms with E-state index in [1.165, 1.54) is 32.1 Å². The molecule has 22 heavy (non-hydrogen) atoms. The molecule has 3 heteroatoms. The fourth-order valence-electron chi connectivity index (χ4n) is 3.08. The maximum Gasteiger partial charge on any atom is 0.341 e. The van der Waals surface area contributed by atoms with Crippen molar-refractivity contribution in [2.24, 2.45) is 0 Å². The van der Waals surface area contributed by atoms with Gasteiger partial charge in [-0.2, -0.15) is 0 Å². The van der Waals surface area contributed by atoms with Gasteiger partial charge < -0.3 is 4.74 Å². The number of esters is 1. The van der Waals surface area contributed by atoms with Gasteiger partial charge in [-0.15, -0.1) is 0 Å². The Hall–Kier alpha value is -1.12. The van der Waals surface area contributed by atoms with E-state index < -0.39 is 5.97 Å². The smallest absolute Gasteiger partial charge is 0.341 e. The van der Waals surface area contributed by atoms with Crippen molar-refractivity contribution in [3.63, 3.8) is 0 Å². The predicted octanol–water partition coefficient (Wildman–Crippen LogP) is 5.13. The zero-order valence-corrected chi connectivity index (χ0v) is 14.4. The van der Waals surface area contributed by atoms with Crippen LogP contribution in [0.4, 0.5) is 0 Å². The summed E-state index contributed by atoms with van der Waals surface area (Å²) in [5.41, 5.74) is 1.43. The number of ketones is 1. The van der Waals surface area contributed by atoms with E-state index in [0.29, 0.717) is 18.6 Å². The number of hydrogen-bond donors (Lipinski definition) is 0. The van der Waals surface area contributed by atoms with Crippen molar-refractivity contribution in [3.8, 4) is 0 Å². The summed E-state index contributed by atoms with van der Waals surface area (Å²) in [4.78, 5) is 24.6. The Kier molecular flexibility index (Phi) is 9.85. The van der Waals surface area contributed by atoms with Gasteiger partial charge in [0.15, 0.2) is 5.78 Å². The molecular formula is C19H32O3. The van der Waals surface area contributed by atoms with Gasteiger partial charge in [-0.05, 0) is 39.0 Å². The molecule has 0 aromatic heterocycles. The Labute approximate surface area is 135 Å². The van der Waals surface area contributed by atoms with Crippen LogP contribution in [0.3, 0.4) is 0 Å². The molecule has 0 N–H and O–H groups in total. The van der Waals surface area contributed by atoms with Crippen LogP contribution in [0.2, 0.25) is 0 Å². The van der Waals surface area contributed by atoms with E-state index in [-0.39, 0.29) is 5.78 Å². The fraction of sp³-hybridized carbons (Fsp3) is 0.789. The van der Waals surface area contributed by atoms with E-state index in [4.69, 9.17) is 4.74 Å². The Morgan fingerprint density at radius 2 is 1.55 bits per heavy atom. The van der Waals surface area contributed by atoms with Crippen LogP contribution >= 0.6 is 0 Å².